The predicted molar refractivity (Wildman–Crippen MR) is 150 cm³/mol. The lowest BCUT2D eigenvalue weighted by atomic mass is 9.88. The molecule has 2 unspecified atom stereocenters. The highest BCUT2D eigenvalue weighted by Gasteiger charge is 2.46. The van der Waals surface area contributed by atoms with Crippen molar-refractivity contribution in [3.63, 3.8) is 0 Å². The van der Waals surface area contributed by atoms with Gasteiger partial charge in [0.2, 0.25) is 0 Å². The van der Waals surface area contributed by atoms with E-state index in [9.17, 15) is 0 Å². The van der Waals surface area contributed by atoms with E-state index in [0.717, 1.165) is 17.9 Å². The van der Waals surface area contributed by atoms with Gasteiger partial charge in [0.25, 0.3) is 0 Å². The summed E-state index contributed by atoms with van der Waals surface area (Å²) < 4.78 is 0. The third-order valence-corrected chi connectivity index (χ3v) is 9.50. The third kappa shape index (κ3) is 9.74. The molecule has 0 amide bonds. The van der Waals surface area contributed by atoms with Crippen molar-refractivity contribution < 1.29 is 0 Å². The smallest absolute Gasteiger partial charge is 0.0113 e. The van der Waals surface area contributed by atoms with Crippen LogP contribution < -0.4 is 0 Å². The number of hydrogen-bond donors (Lipinski definition) is 0. The molecule has 3 fully saturated rings. The van der Waals surface area contributed by atoms with Crippen LogP contribution in [-0.2, 0) is 0 Å². The minimum absolute atomic E-state index is 0.717. The normalized spacial score (nSPS) is 23.6. The van der Waals surface area contributed by atoms with Crippen molar-refractivity contribution in [3.05, 3.63) is 0 Å². The monoisotopic (exact) mass is 475 g/mol. The zero-order valence-electron chi connectivity index (χ0n) is 23.8. The second kappa shape index (κ2) is 15.2. The third-order valence-electron chi connectivity index (χ3n) is 9.50. The second-order valence-corrected chi connectivity index (χ2v) is 12.8. The Morgan fingerprint density at radius 2 is 1.32 bits per heavy atom. The van der Waals surface area contributed by atoms with Crippen LogP contribution in [0.3, 0.4) is 0 Å². The Morgan fingerprint density at radius 1 is 0.735 bits per heavy atom. The van der Waals surface area contributed by atoms with Crippen LogP contribution in [0.2, 0.25) is 0 Å². The molecule has 0 bridgehead atoms. The van der Waals surface area contributed by atoms with Gasteiger partial charge in [-0.2, -0.15) is 0 Å². The lowest BCUT2D eigenvalue weighted by Crippen LogP contribution is -2.56. The summed E-state index contributed by atoms with van der Waals surface area (Å²) in [6, 6.07) is 0.861. The summed E-state index contributed by atoms with van der Waals surface area (Å²) in [5, 5.41) is 0. The number of likely N-dealkylation sites (tertiary alicyclic amines) is 1. The molecule has 1 saturated carbocycles. The number of hydrogen-bond acceptors (Lipinski definition) is 3. The van der Waals surface area contributed by atoms with Crippen molar-refractivity contribution in [2.24, 2.45) is 17.3 Å². The first kappa shape index (κ1) is 28.5. The Bertz CT molecular complexity index is 517. The Morgan fingerprint density at radius 3 is 1.88 bits per heavy atom. The van der Waals surface area contributed by atoms with Crippen LogP contribution in [0.4, 0.5) is 0 Å². The number of nitrogens with zero attached hydrogens (tertiary/aromatic N) is 3. The molecule has 3 heteroatoms. The standard InChI is InChI=1S/C31H61N3/c1-5-8-10-12-14-16-30(15-13-11-9-6-2)34-21-19-32(20-22-34)24-29-25-33(26-29)27-31(17-18-31)23-28(4)7-3/h28-30H,5-27H2,1-4H3. The largest absolute Gasteiger partial charge is 0.302 e. The molecule has 34 heavy (non-hydrogen) atoms. The molecular formula is C31H61N3. The molecule has 0 aromatic heterocycles. The van der Waals surface area contributed by atoms with Crippen molar-refractivity contribution in [2.75, 3.05) is 52.4 Å². The van der Waals surface area contributed by atoms with E-state index in [4.69, 9.17) is 0 Å². The minimum atomic E-state index is 0.717. The maximum Gasteiger partial charge on any atom is 0.0113 e. The summed E-state index contributed by atoms with van der Waals surface area (Å²) in [5.74, 6) is 1.86. The van der Waals surface area contributed by atoms with Crippen molar-refractivity contribution >= 4 is 0 Å². The molecule has 3 aliphatic rings. The summed E-state index contributed by atoms with van der Waals surface area (Å²) >= 11 is 0. The summed E-state index contributed by atoms with van der Waals surface area (Å²) in [6.45, 7) is 20.3. The van der Waals surface area contributed by atoms with E-state index in [1.807, 2.05) is 0 Å². The number of piperazine rings is 1. The first-order chi connectivity index (χ1) is 16.6. The molecule has 2 saturated heterocycles. The van der Waals surface area contributed by atoms with Crippen LogP contribution in [0, 0.1) is 17.3 Å². The van der Waals surface area contributed by atoms with Crippen molar-refractivity contribution in [3.8, 4) is 0 Å². The molecule has 2 heterocycles. The van der Waals surface area contributed by atoms with Crippen LogP contribution in [0.25, 0.3) is 0 Å². The molecule has 0 radical (unpaired) electrons. The van der Waals surface area contributed by atoms with E-state index >= 15 is 0 Å². The van der Waals surface area contributed by atoms with Crippen LogP contribution in [0.5, 0.6) is 0 Å². The van der Waals surface area contributed by atoms with Gasteiger partial charge in [-0.05, 0) is 49.4 Å². The Labute approximate surface area is 214 Å². The van der Waals surface area contributed by atoms with Gasteiger partial charge < -0.3 is 9.80 Å². The van der Waals surface area contributed by atoms with Gasteiger partial charge in [0.05, 0.1) is 0 Å². The van der Waals surface area contributed by atoms with Crippen LogP contribution >= 0.6 is 0 Å². The fourth-order valence-corrected chi connectivity index (χ4v) is 6.86. The highest BCUT2D eigenvalue weighted by Crippen LogP contribution is 2.52. The second-order valence-electron chi connectivity index (χ2n) is 12.8. The first-order valence-electron chi connectivity index (χ1n) is 15.8. The molecule has 1 aliphatic carbocycles. The number of unbranched alkanes of at least 4 members (excludes halogenated alkanes) is 7. The van der Waals surface area contributed by atoms with E-state index in [1.165, 1.54) is 149 Å². The van der Waals surface area contributed by atoms with Gasteiger partial charge in [-0.3, -0.25) is 4.90 Å². The molecule has 3 nitrogen and oxygen atoms in total. The Kier molecular flexibility index (Phi) is 12.7. The highest BCUT2D eigenvalue weighted by atomic mass is 15.3. The molecule has 3 rings (SSSR count). The van der Waals surface area contributed by atoms with Crippen LogP contribution in [-0.4, -0.2) is 73.1 Å². The van der Waals surface area contributed by atoms with Gasteiger partial charge >= 0.3 is 0 Å². The quantitative estimate of drug-likeness (QED) is 0.180. The molecule has 200 valence electrons. The zero-order valence-corrected chi connectivity index (χ0v) is 23.8. The fourth-order valence-electron chi connectivity index (χ4n) is 6.86. The van der Waals surface area contributed by atoms with Gasteiger partial charge in [-0.25, -0.2) is 0 Å². The topological polar surface area (TPSA) is 9.72 Å². The summed E-state index contributed by atoms with van der Waals surface area (Å²) in [5.41, 5.74) is 0.717. The highest BCUT2D eigenvalue weighted by molar-refractivity contribution is 4.99. The van der Waals surface area contributed by atoms with Gasteiger partial charge in [0.15, 0.2) is 0 Å². The van der Waals surface area contributed by atoms with Crippen molar-refractivity contribution in [1.29, 1.82) is 0 Å². The summed E-state index contributed by atoms with van der Waals surface area (Å²) in [7, 11) is 0. The first-order valence-corrected chi connectivity index (χ1v) is 15.8. The van der Waals surface area contributed by atoms with Crippen molar-refractivity contribution in [1.82, 2.24) is 14.7 Å². The summed E-state index contributed by atoms with van der Waals surface area (Å²) in [6.07, 6.45) is 21.6. The van der Waals surface area contributed by atoms with E-state index in [2.05, 4.69) is 42.4 Å². The lowest BCUT2D eigenvalue weighted by molar-refractivity contribution is 0.0231. The zero-order chi connectivity index (χ0) is 24.2. The average Bonchev–Trinajstić information content (AvgIpc) is 3.58. The molecule has 0 aromatic carbocycles. The maximum atomic E-state index is 2.89. The Hall–Kier alpha value is -0.120. The van der Waals surface area contributed by atoms with E-state index in [0.29, 0.717) is 5.41 Å². The lowest BCUT2D eigenvalue weighted by Gasteiger charge is -2.46. The van der Waals surface area contributed by atoms with Crippen LogP contribution in [0.15, 0.2) is 0 Å². The van der Waals surface area contributed by atoms with E-state index < -0.39 is 0 Å². The van der Waals surface area contributed by atoms with Gasteiger partial charge in [0, 0.05) is 58.4 Å². The average molecular weight is 476 g/mol. The van der Waals surface area contributed by atoms with Gasteiger partial charge in [0.1, 0.15) is 0 Å². The molecule has 0 N–H and O–H groups in total. The van der Waals surface area contributed by atoms with Crippen molar-refractivity contribution in [2.45, 2.75) is 130 Å². The molecular weight excluding hydrogens is 414 g/mol. The summed E-state index contributed by atoms with van der Waals surface area (Å²) in [4.78, 5) is 8.49. The molecule has 0 spiro atoms. The Balaban J connectivity index is 1.31. The SMILES string of the molecule is CCCCCCCC(CCCCCC)N1CCN(CC2CN(CC3(CC(C)CC)CC3)C2)CC1. The minimum Gasteiger partial charge on any atom is -0.302 e. The molecule has 2 atom stereocenters. The van der Waals surface area contributed by atoms with Gasteiger partial charge in [-0.1, -0.05) is 91.9 Å². The molecule has 0 aromatic rings. The van der Waals surface area contributed by atoms with E-state index in [-0.39, 0.29) is 0 Å². The van der Waals surface area contributed by atoms with E-state index in [1.54, 1.807) is 0 Å². The fraction of sp³-hybridized carbons (Fsp3) is 1.00. The predicted octanol–water partition coefficient (Wildman–Crippen LogP) is 7.45. The maximum absolute atomic E-state index is 2.89. The molecule has 2 aliphatic heterocycles. The number of rotatable bonds is 19. The van der Waals surface area contributed by atoms with Crippen LogP contribution in [0.1, 0.15) is 124 Å². The van der Waals surface area contributed by atoms with Gasteiger partial charge in [-0.15, -0.1) is 0 Å².